The number of piperidine rings is 1. The molecule has 4 nitrogen and oxygen atoms in total. The van der Waals surface area contributed by atoms with Gasteiger partial charge in [-0.25, -0.2) is 0 Å². The molecule has 5 heteroatoms. The van der Waals surface area contributed by atoms with Crippen LogP contribution in [0.25, 0.3) is 0 Å². The third-order valence-electron chi connectivity index (χ3n) is 4.32. The lowest BCUT2D eigenvalue weighted by Crippen LogP contribution is -2.44. The molecule has 0 bridgehead atoms. The number of nitriles is 1. The van der Waals surface area contributed by atoms with Gasteiger partial charge in [-0.3, -0.25) is 4.79 Å². The number of aliphatic carboxylic acids is 1. The summed E-state index contributed by atoms with van der Waals surface area (Å²) in [5, 5.41) is 18.8. The second-order valence-electron chi connectivity index (χ2n) is 5.60. The lowest BCUT2D eigenvalue weighted by atomic mass is 9.75. The van der Waals surface area contributed by atoms with Gasteiger partial charge in [-0.2, -0.15) is 5.26 Å². The molecule has 21 heavy (non-hydrogen) atoms. The van der Waals surface area contributed by atoms with Gasteiger partial charge in [0.15, 0.2) is 0 Å². The number of nitrogens with zero attached hydrogens (tertiary/aromatic N) is 2. The van der Waals surface area contributed by atoms with Crippen molar-refractivity contribution in [2.75, 3.05) is 18.0 Å². The Hall–Kier alpha value is -1.54. The van der Waals surface area contributed by atoms with Crippen LogP contribution in [-0.4, -0.2) is 24.2 Å². The van der Waals surface area contributed by atoms with Crippen molar-refractivity contribution in [3.8, 4) is 6.07 Å². The first kappa shape index (κ1) is 15.8. The molecule has 1 saturated heterocycles. The Morgan fingerprint density at radius 3 is 2.67 bits per heavy atom. The SMILES string of the molecule is CCCC1(C(=O)O)CCN(c2cc(Br)ccc2C#N)CC1. The molecule has 0 unspecified atom stereocenters. The third-order valence-corrected chi connectivity index (χ3v) is 4.82. The van der Waals surface area contributed by atoms with Crippen molar-refractivity contribution in [1.29, 1.82) is 5.26 Å². The van der Waals surface area contributed by atoms with Crippen molar-refractivity contribution in [3.63, 3.8) is 0 Å². The molecule has 2 rings (SSSR count). The lowest BCUT2D eigenvalue weighted by molar-refractivity contribution is -0.150. The molecular formula is C16H19BrN2O2. The van der Waals surface area contributed by atoms with Crippen LogP contribution in [0.2, 0.25) is 0 Å². The first-order chi connectivity index (χ1) is 10.0. The third kappa shape index (κ3) is 3.21. The summed E-state index contributed by atoms with van der Waals surface area (Å²) in [5.41, 5.74) is 0.934. The van der Waals surface area contributed by atoms with Gasteiger partial charge < -0.3 is 10.0 Å². The van der Waals surface area contributed by atoms with E-state index >= 15 is 0 Å². The number of anilines is 1. The fraction of sp³-hybridized carbons (Fsp3) is 0.500. The van der Waals surface area contributed by atoms with Gasteiger partial charge >= 0.3 is 5.97 Å². The van der Waals surface area contributed by atoms with Crippen LogP contribution in [0.4, 0.5) is 5.69 Å². The van der Waals surface area contributed by atoms with Gasteiger partial charge in [-0.15, -0.1) is 0 Å². The zero-order valence-corrected chi connectivity index (χ0v) is 13.7. The van der Waals surface area contributed by atoms with Crippen LogP contribution in [0.5, 0.6) is 0 Å². The highest BCUT2D eigenvalue weighted by Crippen LogP contribution is 2.38. The highest BCUT2D eigenvalue weighted by atomic mass is 79.9. The van der Waals surface area contributed by atoms with Crippen molar-refractivity contribution in [1.82, 2.24) is 0 Å². The molecule has 1 aromatic carbocycles. The van der Waals surface area contributed by atoms with E-state index < -0.39 is 11.4 Å². The lowest BCUT2D eigenvalue weighted by Gasteiger charge is -2.40. The molecule has 0 spiro atoms. The maximum atomic E-state index is 11.6. The highest BCUT2D eigenvalue weighted by Gasteiger charge is 2.40. The number of carbonyl (C=O) groups is 1. The first-order valence-corrected chi connectivity index (χ1v) is 8.00. The molecule has 0 aliphatic carbocycles. The van der Waals surface area contributed by atoms with Gasteiger partial charge in [0, 0.05) is 17.6 Å². The average molecular weight is 351 g/mol. The number of carboxylic acids is 1. The zero-order chi connectivity index (χ0) is 15.5. The second kappa shape index (κ2) is 6.48. The number of halogens is 1. The summed E-state index contributed by atoms with van der Waals surface area (Å²) >= 11 is 3.43. The number of carboxylic acid groups (broad SMARTS) is 1. The van der Waals surface area contributed by atoms with Crippen LogP contribution in [0, 0.1) is 16.7 Å². The average Bonchev–Trinajstić information content (AvgIpc) is 2.48. The minimum absolute atomic E-state index is 0.593. The van der Waals surface area contributed by atoms with E-state index in [0.29, 0.717) is 31.5 Å². The Balaban J connectivity index is 2.19. The number of benzene rings is 1. The molecule has 1 aromatic rings. The summed E-state index contributed by atoms with van der Waals surface area (Å²) in [6.45, 7) is 3.38. The Morgan fingerprint density at radius 2 is 2.14 bits per heavy atom. The predicted octanol–water partition coefficient (Wildman–Crippen LogP) is 3.79. The second-order valence-corrected chi connectivity index (χ2v) is 6.51. The van der Waals surface area contributed by atoms with Crippen LogP contribution in [0.3, 0.4) is 0 Å². The van der Waals surface area contributed by atoms with Gasteiger partial charge in [0.05, 0.1) is 16.7 Å². The van der Waals surface area contributed by atoms with Crippen molar-refractivity contribution in [2.45, 2.75) is 32.6 Å². The van der Waals surface area contributed by atoms with E-state index in [4.69, 9.17) is 0 Å². The molecule has 112 valence electrons. The summed E-state index contributed by atoms with van der Waals surface area (Å²) in [4.78, 5) is 13.7. The maximum absolute atomic E-state index is 11.6. The van der Waals surface area contributed by atoms with Gasteiger partial charge in [-0.05, 0) is 37.5 Å². The molecule has 0 atom stereocenters. The van der Waals surface area contributed by atoms with E-state index in [1.165, 1.54) is 0 Å². The normalized spacial score (nSPS) is 17.3. The van der Waals surface area contributed by atoms with Crippen molar-refractivity contribution < 1.29 is 9.90 Å². The van der Waals surface area contributed by atoms with Crippen LogP contribution in [0.15, 0.2) is 22.7 Å². The molecule has 0 radical (unpaired) electrons. The Labute approximate surface area is 133 Å². The van der Waals surface area contributed by atoms with E-state index in [1.807, 2.05) is 19.1 Å². The maximum Gasteiger partial charge on any atom is 0.309 e. The van der Waals surface area contributed by atoms with E-state index in [0.717, 1.165) is 23.0 Å². The number of rotatable bonds is 4. The molecule has 0 aromatic heterocycles. The Morgan fingerprint density at radius 1 is 1.48 bits per heavy atom. The Bertz CT molecular complexity index is 572. The summed E-state index contributed by atoms with van der Waals surface area (Å²) in [6, 6.07) is 7.79. The largest absolute Gasteiger partial charge is 0.481 e. The molecule has 0 amide bonds. The van der Waals surface area contributed by atoms with Gasteiger partial charge in [0.2, 0.25) is 0 Å². The molecule has 1 aliphatic rings. The van der Waals surface area contributed by atoms with E-state index in [9.17, 15) is 15.2 Å². The first-order valence-electron chi connectivity index (χ1n) is 7.20. The molecule has 0 saturated carbocycles. The summed E-state index contributed by atoms with van der Waals surface area (Å²) in [7, 11) is 0. The number of hydrogen-bond acceptors (Lipinski definition) is 3. The smallest absolute Gasteiger partial charge is 0.309 e. The van der Waals surface area contributed by atoms with E-state index in [1.54, 1.807) is 6.07 Å². The fourth-order valence-corrected chi connectivity index (χ4v) is 3.43. The van der Waals surface area contributed by atoms with Crippen LogP contribution < -0.4 is 4.90 Å². The Kier molecular flexibility index (Phi) is 4.89. The van der Waals surface area contributed by atoms with Gasteiger partial charge in [-0.1, -0.05) is 29.3 Å². The van der Waals surface area contributed by atoms with Crippen LogP contribution in [-0.2, 0) is 4.79 Å². The zero-order valence-electron chi connectivity index (χ0n) is 12.1. The van der Waals surface area contributed by atoms with Gasteiger partial charge in [0.1, 0.15) is 6.07 Å². The summed E-state index contributed by atoms with van der Waals surface area (Å²) in [6.07, 6.45) is 2.87. The molecule has 1 fully saturated rings. The van der Waals surface area contributed by atoms with Crippen LogP contribution in [0.1, 0.15) is 38.2 Å². The number of hydrogen-bond donors (Lipinski definition) is 1. The van der Waals surface area contributed by atoms with Crippen molar-refractivity contribution in [3.05, 3.63) is 28.2 Å². The highest BCUT2D eigenvalue weighted by molar-refractivity contribution is 9.10. The van der Waals surface area contributed by atoms with Crippen molar-refractivity contribution >= 4 is 27.6 Å². The summed E-state index contributed by atoms with van der Waals surface area (Å²) < 4.78 is 0.931. The van der Waals surface area contributed by atoms with E-state index in [2.05, 4.69) is 26.9 Å². The quantitative estimate of drug-likeness (QED) is 0.896. The molecular weight excluding hydrogens is 332 g/mol. The van der Waals surface area contributed by atoms with Crippen molar-refractivity contribution in [2.24, 2.45) is 5.41 Å². The standard InChI is InChI=1S/C16H19BrN2O2/c1-2-5-16(15(20)21)6-8-19(9-7-16)14-10-13(17)4-3-12(14)11-18/h3-4,10H,2,5-9H2,1H3,(H,20,21). The fourth-order valence-electron chi connectivity index (χ4n) is 3.09. The topological polar surface area (TPSA) is 64.3 Å². The minimum atomic E-state index is -0.682. The minimum Gasteiger partial charge on any atom is -0.481 e. The van der Waals surface area contributed by atoms with Crippen LogP contribution >= 0.6 is 15.9 Å². The monoisotopic (exact) mass is 350 g/mol. The molecule has 1 N–H and O–H groups in total. The molecule has 1 heterocycles. The predicted molar refractivity (Wildman–Crippen MR) is 85.3 cm³/mol. The van der Waals surface area contributed by atoms with Gasteiger partial charge in [0.25, 0.3) is 0 Å². The molecule has 1 aliphatic heterocycles. The summed E-state index contributed by atoms with van der Waals surface area (Å²) in [5.74, 6) is -0.682. The van der Waals surface area contributed by atoms with E-state index in [-0.39, 0.29) is 0 Å².